The molecule has 0 saturated heterocycles. The molecule has 6 heteroatoms. The standard InChI is InChI=1S/C35H37N3O3/c1-40-30-19-21-31(22-20-30)41-25-8-7-24-38-33-13-6-5-12-32(33)37-34(38)14-9-23-36-35(39)26-27-15-17-29(18-16-27)28-10-3-2-4-11-28/h2-6,10-13,15-22H,7-9,14,23-26H2,1H3,(H,36,39). The van der Waals surface area contributed by atoms with Crippen molar-refractivity contribution in [1.29, 1.82) is 0 Å². The van der Waals surface area contributed by atoms with Crippen molar-refractivity contribution in [2.45, 2.75) is 38.6 Å². The number of imidazole rings is 1. The van der Waals surface area contributed by atoms with Gasteiger partial charge in [0.15, 0.2) is 0 Å². The van der Waals surface area contributed by atoms with Crippen LogP contribution < -0.4 is 14.8 Å². The Hall–Kier alpha value is -4.58. The monoisotopic (exact) mass is 547 g/mol. The Bertz CT molecular complexity index is 1530. The molecule has 0 saturated carbocycles. The number of unbranched alkanes of at least 4 members (excludes halogenated alkanes) is 1. The highest BCUT2D eigenvalue weighted by atomic mass is 16.5. The zero-order valence-corrected chi connectivity index (χ0v) is 23.6. The molecule has 6 nitrogen and oxygen atoms in total. The van der Waals surface area contributed by atoms with Crippen LogP contribution in [0.15, 0.2) is 103 Å². The third-order valence-electron chi connectivity index (χ3n) is 7.16. The fourth-order valence-corrected chi connectivity index (χ4v) is 4.97. The van der Waals surface area contributed by atoms with Gasteiger partial charge in [0.1, 0.15) is 17.3 Å². The van der Waals surface area contributed by atoms with E-state index >= 15 is 0 Å². The molecule has 0 fully saturated rings. The second-order valence-corrected chi connectivity index (χ2v) is 10.1. The third-order valence-corrected chi connectivity index (χ3v) is 7.16. The number of nitrogens with zero attached hydrogens (tertiary/aromatic N) is 2. The first-order chi connectivity index (χ1) is 20.2. The van der Waals surface area contributed by atoms with Crippen molar-refractivity contribution in [2.24, 2.45) is 0 Å². The number of ether oxygens (including phenoxy) is 2. The van der Waals surface area contributed by atoms with Crippen LogP contribution in [0.3, 0.4) is 0 Å². The molecule has 1 N–H and O–H groups in total. The van der Waals surface area contributed by atoms with Gasteiger partial charge in [-0.2, -0.15) is 0 Å². The second kappa shape index (κ2) is 14.2. The van der Waals surface area contributed by atoms with Crippen LogP contribution in [0.2, 0.25) is 0 Å². The first-order valence-electron chi connectivity index (χ1n) is 14.3. The quantitative estimate of drug-likeness (QED) is 0.154. The fraction of sp³-hybridized carbons (Fsp3) is 0.257. The van der Waals surface area contributed by atoms with Gasteiger partial charge in [-0.15, -0.1) is 0 Å². The Morgan fingerprint density at radius 3 is 2.27 bits per heavy atom. The van der Waals surface area contributed by atoms with Gasteiger partial charge >= 0.3 is 0 Å². The molecule has 0 bridgehead atoms. The maximum atomic E-state index is 12.6. The summed E-state index contributed by atoms with van der Waals surface area (Å²) in [4.78, 5) is 17.5. The van der Waals surface area contributed by atoms with Gasteiger partial charge in [-0.05, 0) is 72.4 Å². The van der Waals surface area contributed by atoms with Gasteiger partial charge in [-0.25, -0.2) is 4.98 Å². The van der Waals surface area contributed by atoms with Gasteiger partial charge in [-0.1, -0.05) is 66.7 Å². The van der Waals surface area contributed by atoms with Gasteiger partial charge < -0.3 is 19.4 Å². The molecule has 41 heavy (non-hydrogen) atoms. The third kappa shape index (κ3) is 7.76. The lowest BCUT2D eigenvalue weighted by Crippen LogP contribution is -2.26. The largest absolute Gasteiger partial charge is 0.497 e. The van der Waals surface area contributed by atoms with Gasteiger partial charge in [0.05, 0.1) is 31.2 Å². The molecule has 4 aromatic carbocycles. The van der Waals surface area contributed by atoms with E-state index < -0.39 is 0 Å². The Morgan fingerprint density at radius 2 is 1.49 bits per heavy atom. The summed E-state index contributed by atoms with van der Waals surface area (Å²) in [5.74, 6) is 2.78. The number of aryl methyl sites for hydroxylation is 2. The number of carbonyl (C=O) groups is 1. The van der Waals surface area contributed by atoms with Gasteiger partial charge in [-0.3, -0.25) is 4.79 Å². The lowest BCUT2D eigenvalue weighted by atomic mass is 10.0. The SMILES string of the molecule is COc1ccc(OCCCCn2c(CCCNC(=O)Cc3ccc(-c4ccccc4)cc3)nc3ccccc32)cc1. The summed E-state index contributed by atoms with van der Waals surface area (Å²) in [6.45, 7) is 2.17. The number of aromatic nitrogens is 2. The zero-order valence-electron chi connectivity index (χ0n) is 23.6. The maximum Gasteiger partial charge on any atom is 0.224 e. The maximum absolute atomic E-state index is 12.6. The number of amides is 1. The molecular formula is C35H37N3O3. The Kier molecular flexibility index (Phi) is 9.67. The van der Waals surface area contributed by atoms with E-state index in [-0.39, 0.29) is 5.91 Å². The predicted octanol–water partition coefficient (Wildman–Crippen LogP) is 6.86. The van der Waals surface area contributed by atoms with Crippen LogP contribution in [-0.4, -0.2) is 35.7 Å². The molecule has 0 unspecified atom stereocenters. The predicted molar refractivity (Wildman–Crippen MR) is 164 cm³/mol. The summed E-state index contributed by atoms with van der Waals surface area (Å²) in [5, 5.41) is 3.08. The number of carbonyl (C=O) groups excluding carboxylic acids is 1. The summed E-state index contributed by atoms with van der Waals surface area (Å²) in [6.07, 6.45) is 3.96. The molecule has 210 valence electrons. The fourth-order valence-electron chi connectivity index (χ4n) is 4.97. The van der Waals surface area contributed by atoms with E-state index in [0.717, 1.165) is 71.7 Å². The second-order valence-electron chi connectivity index (χ2n) is 10.1. The number of benzene rings is 4. The van der Waals surface area contributed by atoms with Crippen LogP contribution in [-0.2, 0) is 24.2 Å². The van der Waals surface area contributed by atoms with Crippen molar-refractivity contribution in [3.05, 3.63) is 115 Å². The summed E-state index contributed by atoms with van der Waals surface area (Å²) in [5.41, 5.74) is 5.51. The minimum Gasteiger partial charge on any atom is -0.497 e. The first-order valence-corrected chi connectivity index (χ1v) is 14.3. The van der Waals surface area contributed by atoms with Crippen LogP contribution in [0, 0.1) is 0 Å². The van der Waals surface area contributed by atoms with Crippen molar-refractivity contribution in [1.82, 2.24) is 14.9 Å². The van der Waals surface area contributed by atoms with Crippen LogP contribution in [0.4, 0.5) is 0 Å². The number of hydrogen-bond acceptors (Lipinski definition) is 4. The molecule has 0 aliphatic rings. The van der Waals surface area contributed by atoms with E-state index in [2.05, 4.69) is 52.3 Å². The van der Waals surface area contributed by atoms with Crippen LogP contribution in [0.5, 0.6) is 11.5 Å². The minimum absolute atomic E-state index is 0.0443. The summed E-state index contributed by atoms with van der Waals surface area (Å²) in [6, 6.07) is 34.4. The molecule has 1 aromatic heterocycles. The van der Waals surface area contributed by atoms with Crippen LogP contribution in [0.1, 0.15) is 30.7 Å². The summed E-state index contributed by atoms with van der Waals surface area (Å²) in [7, 11) is 1.66. The van der Waals surface area contributed by atoms with Gasteiger partial charge in [0.25, 0.3) is 0 Å². The highest BCUT2D eigenvalue weighted by Crippen LogP contribution is 2.21. The first kappa shape index (κ1) is 28.0. The number of fused-ring (bicyclic) bond motifs is 1. The molecule has 0 radical (unpaired) electrons. The number of methoxy groups -OCH3 is 1. The van der Waals surface area contributed by atoms with Crippen molar-refractivity contribution >= 4 is 16.9 Å². The smallest absolute Gasteiger partial charge is 0.224 e. The summed E-state index contributed by atoms with van der Waals surface area (Å²) < 4.78 is 13.4. The molecule has 0 aliphatic carbocycles. The van der Waals surface area contributed by atoms with Crippen molar-refractivity contribution < 1.29 is 14.3 Å². The molecule has 1 heterocycles. The van der Waals surface area contributed by atoms with Crippen molar-refractivity contribution in [3.8, 4) is 22.6 Å². The molecule has 0 aliphatic heterocycles. The molecule has 5 rings (SSSR count). The topological polar surface area (TPSA) is 65.4 Å². The average Bonchev–Trinajstić information content (AvgIpc) is 3.37. The van der Waals surface area contributed by atoms with Crippen LogP contribution >= 0.6 is 0 Å². The number of nitrogens with one attached hydrogen (secondary N) is 1. The Balaban J connectivity index is 1.07. The number of hydrogen-bond donors (Lipinski definition) is 1. The van der Waals surface area contributed by atoms with Crippen molar-refractivity contribution in [2.75, 3.05) is 20.3 Å². The van der Waals surface area contributed by atoms with Gasteiger partial charge in [0.2, 0.25) is 5.91 Å². The van der Waals surface area contributed by atoms with E-state index in [4.69, 9.17) is 14.5 Å². The Labute approximate surface area is 242 Å². The molecule has 0 atom stereocenters. The normalized spacial score (nSPS) is 11.0. The number of para-hydroxylation sites is 2. The molecule has 1 amide bonds. The van der Waals surface area contributed by atoms with Gasteiger partial charge in [0, 0.05) is 19.5 Å². The Morgan fingerprint density at radius 1 is 0.780 bits per heavy atom. The van der Waals surface area contributed by atoms with E-state index in [0.29, 0.717) is 19.6 Å². The highest BCUT2D eigenvalue weighted by Gasteiger charge is 2.11. The molecular weight excluding hydrogens is 510 g/mol. The summed E-state index contributed by atoms with van der Waals surface area (Å²) >= 11 is 0. The van der Waals surface area contributed by atoms with E-state index in [1.54, 1.807) is 7.11 Å². The highest BCUT2D eigenvalue weighted by molar-refractivity contribution is 5.79. The van der Waals surface area contributed by atoms with E-state index in [9.17, 15) is 4.79 Å². The van der Waals surface area contributed by atoms with Crippen molar-refractivity contribution in [3.63, 3.8) is 0 Å². The zero-order chi connectivity index (χ0) is 28.3. The average molecular weight is 548 g/mol. The lowest BCUT2D eigenvalue weighted by molar-refractivity contribution is -0.120. The van der Waals surface area contributed by atoms with E-state index in [1.807, 2.05) is 60.7 Å². The minimum atomic E-state index is 0.0443. The van der Waals surface area contributed by atoms with E-state index in [1.165, 1.54) is 5.56 Å². The number of rotatable bonds is 14. The lowest BCUT2D eigenvalue weighted by Gasteiger charge is -2.11. The molecule has 0 spiro atoms. The molecule has 5 aromatic rings. The van der Waals surface area contributed by atoms with Crippen LogP contribution in [0.25, 0.3) is 22.2 Å².